The Labute approximate surface area is 117 Å². The first-order chi connectivity index (χ1) is 9.74. The Morgan fingerprint density at radius 2 is 2.10 bits per heavy atom. The first-order valence-electron chi connectivity index (χ1n) is 6.26. The number of imidazole rings is 1. The van der Waals surface area contributed by atoms with Crippen LogP contribution in [0.25, 0.3) is 5.69 Å². The molecule has 2 heterocycles. The molecule has 100 valence electrons. The van der Waals surface area contributed by atoms with Crippen molar-refractivity contribution in [1.29, 1.82) is 10.5 Å². The average Bonchev–Trinajstić information content (AvgIpc) is 2.92. The van der Waals surface area contributed by atoms with E-state index in [-0.39, 0.29) is 17.4 Å². The maximum atomic E-state index is 9.11. The number of pyridine rings is 1. The number of aromatic nitrogens is 3. The smallest absolute Gasteiger partial charge is 0.177 e. The van der Waals surface area contributed by atoms with Crippen LogP contribution in [0.1, 0.15) is 36.5 Å². The topological polar surface area (TPSA) is 90.3 Å². The summed E-state index contributed by atoms with van der Waals surface area (Å²) in [6.45, 7) is 2.08. The zero-order valence-electron chi connectivity index (χ0n) is 11.3. The van der Waals surface area contributed by atoms with Crippen LogP contribution in [-0.2, 0) is 0 Å². The first-order valence-corrected chi connectivity index (χ1v) is 6.26. The third-order valence-electron chi connectivity index (χ3n) is 3.14. The number of rotatable bonds is 4. The number of nitriles is 2. The van der Waals surface area contributed by atoms with Crippen molar-refractivity contribution in [3.05, 3.63) is 41.7 Å². The van der Waals surface area contributed by atoms with Gasteiger partial charge in [-0.2, -0.15) is 10.5 Å². The van der Waals surface area contributed by atoms with E-state index in [1.165, 1.54) is 6.33 Å². The molecule has 6 nitrogen and oxygen atoms in total. The molecule has 0 bridgehead atoms. The molecule has 0 aromatic carbocycles. The highest BCUT2D eigenvalue weighted by molar-refractivity contribution is 5.43. The Morgan fingerprint density at radius 3 is 2.60 bits per heavy atom. The molecule has 0 aliphatic rings. The van der Waals surface area contributed by atoms with E-state index < -0.39 is 0 Å². The molecule has 2 aromatic rings. The van der Waals surface area contributed by atoms with Gasteiger partial charge in [-0.1, -0.05) is 6.92 Å². The monoisotopic (exact) mass is 266 g/mol. The van der Waals surface area contributed by atoms with Crippen LogP contribution in [0.5, 0.6) is 0 Å². The van der Waals surface area contributed by atoms with E-state index in [1.54, 1.807) is 10.8 Å². The SMILES string of the molecule is CCC(NC)c1ccc(-n2cnc(C#N)c2C#N)cn1. The lowest BCUT2D eigenvalue weighted by molar-refractivity contribution is 0.561. The van der Waals surface area contributed by atoms with Gasteiger partial charge < -0.3 is 5.32 Å². The predicted molar refractivity (Wildman–Crippen MR) is 72.9 cm³/mol. The molecule has 2 aromatic heterocycles. The normalized spacial score (nSPS) is 11.6. The summed E-state index contributed by atoms with van der Waals surface area (Å²) >= 11 is 0. The van der Waals surface area contributed by atoms with Crippen LogP contribution >= 0.6 is 0 Å². The summed E-state index contributed by atoms with van der Waals surface area (Å²) in [4.78, 5) is 8.32. The van der Waals surface area contributed by atoms with Crippen molar-refractivity contribution in [2.45, 2.75) is 19.4 Å². The molecule has 20 heavy (non-hydrogen) atoms. The minimum absolute atomic E-state index is 0.123. The van der Waals surface area contributed by atoms with Crippen molar-refractivity contribution in [3.8, 4) is 17.8 Å². The Hall–Kier alpha value is -2.70. The Kier molecular flexibility index (Phi) is 4.09. The molecule has 0 spiro atoms. The van der Waals surface area contributed by atoms with Crippen LogP contribution in [0, 0.1) is 22.7 Å². The van der Waals surface area contributed by atoms with E-state index in [9.17, 15) is 0 Å². The fraction of sp³-hybridized carbons (Fsp3) is 0.286. The van der Waals surface area contributed by atoms with Crippen LogP contribution in [0.3, 0.4) is 0 Å². The summed E-state index contributed by atoms with van der Waals surface area (Å²) < 4.78 is 1.57. The molecular formula is C14H14N6. The lowest BCUT2D eigenvalue weighted by atomic mass is 10.1. The maximum absolute atomic E-state index is 9.11. The minimum Gasteiger partial charge on any atom is -0.312 e. The van der Waals surface area contributed by atoms with Gasteiger partial charge in [0.05, 0.1) is 17.6 Å². The molecule has 0 aliphatic carbocycles. The van der Waals surface area contributed by atoms with E-state index in [0.717, 1.165) is 12.1 Å². The highest BCUT2D eigenvalue weighted by Crippen LogP contribution is 2.17. The molecule has 0 saturated carbocycles. The van der Waals surface area contributed by atoms with Crippen molar-refractivity contribution in [1.82, 2.24) is 19.9 Å². The van der Waals surface area contributed by atoms with Gasteiger partial charge in [0.15, 0.2) is 11.4 Å². The number of nitrogens with zero attached hydrogens (tertiary/aromatic N) is 5. The Balaban J connectivity index is 2.39. The molecule has 0 fully saturated rings. The van der Waals surface area contributed by atoms with Crippen LogP contribution in [0.4, 0.5) is 0 Å². The van der Waals surface area contributed by atoms with Gasteiger partial charge in [0.25, 0.3) is 0 Å². The zero-order valence-corrected chi connectivity index (χ0v) is 11.3. The average molecular weight is 266 g/mol. The number of hydrogen-bond donors (Lipinski definition) is 1. The van der Waals surface area contributed by atoms with Crippen molar-refractivity contribution in [3.63, 3.8) is 0 Å². The largest absolute Gasteiger partial charge is 0.312 e. The highest BCUT2D eigenvalue weighted by atomic mass is 15.1. The van der Waals surface area contributed by atoms with Crippen molar-refractivity contribution in [2.75, 3.05) is 7.05 Å². The van der Waals surface area contributed by atoms with E-state index in [0.29, 0.717) is 5.69 Å². The first kappa shape index (κ1) is 13.7. The van der Waals surface area contributed by atoms with Crippen molar-refractivity contribution >= 4 is 0 Å². The van der Waals surface area contributed by atoms with Gasteiger partial charge in [-0.25, -0.2) is 4.98 Å². The number of hydrogen-bond acceptors (Lipinski definition) is 5. The van der Waals surface area contributed by atoms with E-state index in [4.69, 9.17) is 10.5 Å². The second-order valence-electron chi connectivity index (χ2n) is 4.23. The van der Waals surface area contributed by atoms with Crippen LogP contribution < -0.4 is 5.32 Å². The fourth-order valence-electron chi connectivity index (χ4n) is 2.04. The summed E-state index contributed by atoms with van der Waals surface area (Å²) in [5.41, 5.74) is 2.00. The zero-order chi connectivity index (χ0) is 14.5. The van der Waals surface area contributed by atoms with Gasteiger partial charge in [0, 0.05) is 6.04 Å². The maximum Gasteiger partial charge on any atom is 0.177 e. The second-order valence-corrected chi connectivity index (χ2v) is 4.23. The van der Waals surface area contributed by atoms with E-state index >= 15 is 0 Å². The van der Waals surface area contributed by atoms with Gasteiger partial charge in [-0.15, -0.1) is 0 Å². The fourth-order valence-corrected chi connectivity index (χ4v) is 2.04. The molecular weight excluding hydrogens is 252 g/mol. The van der Waals surface area contributed by atoms with E-state index in [1.807, 2.05) is 31.3 Å². The van der Waals surface area contributed by atoms with Crippen LogP contribution in [0.2, 0.25) is 0 Å². The quantitative estimate of drug-likeness (QED) is 0.909. The van der Waals surface area contributed by atoms with Gasteiger partial charge in [-0.05, 0) is 25.6 Å². The molecule has 1 N–H and O–H groups in total. The number of nitrogens with one attached hydrogen (secondary N) is 1. The summed E-state index contributed by atoms with van der Waals surface area (Å²) in [7, 11) is 1.90. The molecule has 2 rings (SSSR count). The lowest BCUT2D eigenvalue weighted by Gasteiger charge is -2.13. The third kappa shape index (κ3) is 2.37. The summed E-state index contributed by atoms with van der Waals surface area (Å²) in [5.74, 6) is 0. The standard InChI is InChI=1S/C14H14N6/c1-3-11(17-2)12-5-4-10(8-18-12)20-9-19-13(6-15)14(20)7-16/h4-5,8-9,11,17H,3H2,1-2H3. The molecule has 0 amide bonds. The van der Waals surface area contributed by atoms with Gasteiger partial charge >= 0.3 is 0 Å². The van der Waals surface area contributed by atoms with Crippen molar-refractivity contribution < 1.29 is 0 Å². The Morgan fingerprint density at radius 1 is 1.30 bits per heavy atom. The van der Waals surface area contributed by atoms with Crippen LogP contribution in [-0.4, -0.2) is 21.6 Å². The summed E-state index contributed by atoms with van der Waals surface area (Å²) in [6.07, 6.45) is 4.08. The lowest BCUT2D eigenvalue weighted by Crippen LogP contribution is -2.16. The predicted octanol–water partition coefficient (Wildman–Crippen LogP) is 1.68. The molecule has 0 saturated heterocycles. The molecule has 1 atom stereocenters. The van der Waals surface area contributed by atoms with Gasteiger partial charge in [0.1, 0.15) is 18.5 Å². The molecule has 0 radical (unpaired) electrons. The molecule has 1 unspecified atom stereocenters. The minimum atomic E-state index is 0.123. The van der Waals surface area contributed by atoms with Gasteiger partial charge in [-0.3, -0.25) is 9.55 Å². The summed E-state index contributed by atoms with van der Waals surface area (Å²) in [6, 6.07) is 7.87. The van der Waals surface area contributed by atoms with Crippen molar-refractivity contribution in [2.24, 2.45) is 0 Å². The Bertz CT molecular complexity index is 667. The third-order valence-corrected chi connectivity index (χ3v) is 3.14. The van der Waals surface area contributed by atoms with Gasteiger partial charge in [0.2, 0.25) is 0 Å². The highest BCUT2D eigenvalue weighted by Gasteiger charge is 2.13. The van der Waals surface area contributed by atoms with Crippen LogP contribution in [0.15, 0.2) is 24.7 Å². The molecule has 0 aliphatic heterocycles. The molecule has 6 heteroatoms. The second kappa shape index (κ2) is 5.96. The van der Waals surface area contributed by atoms with E-state index in [2.05, 4.69) is 22.2 Å². The summed E-state index contributed by atoms with van der Waals surface area (Å²) in [5, 5.41) is 21.2.